The lowest BCUT2D eigenvalue weighted by Crippen LogP contribution is -2.77. The zero-order valence-corrected chi connectivity index (χ0v) is 16.2. The first-order chi connectivity index (χ1) is 11.0. The number of rotatable bonds is 3. The van der Waals surface area contributed by atoms with Gasteiger partial charge in [0, 0.05) is 36.8 Å². The number of nitrogens with one attached hydrogen (secondary N) is 1. The third-order valence-corrected chi connectivity index (χ3v) is 7.18. The van der Waals surface area contributed by atoms with Crippen molar-refractivity contribution in [1.82, 2.24) is 19.4 Å². The number of amides is 1. The topological polar surface area (TPSA) is 69.3 Å². The molecule has 1 spiro atoms. The molecule has 6 nitrogen and oxygen atoms in total. The van der Waals surface area contributed by atoms with Gasteiger partial charge < -0.3 is 4.90 Å². The molecule has 1 aromatic heterocycles. The van der Waals surface area contributed by atoms with Crippen molar-refractivity contribution in [3.8, 4) is 0 Å². The molecule has 24 heavy (non-hydrogen) atoms. The van der Waals surface area contributed by atoms with Gasteiger partial charge in [0.25, 0.3) is 5.91 Å². The van der Waals surface area contributed by atoms with Crippen molar-refractivity contribution >= 4 is 16.9 Å². The highest BCUT2D eigenvalue weighted by atomic mass is 32.2. The molecule has 0 aromatic carbocycles. The Bertz CT molecular complexity index is 670. The van der Waals surface area contributed by atoms with E-state index >= 15 is 0 Å². The summed E-state index contributed by atoms with van der Waals surface area (Å²) in [5.74, 6) is 0.320. The Hall–Kier alpha value is -1.21. The van der Waals surface area contributed by atoms with E-state index in [1.165, 1.54) is 0 Å². The molecular weight excluding hydrogens is 324 g/mol. The Kier molecular flexibility index (Phi) is 4.15. The van der Waals surface area contributed by atoms with E-state index in [2.05, 4.69) is 35.3 Å². The highest BCUT2D eigenvalue weighted by molar-refractivity contribution is 7.84. The quantitative estimate of drug-likeness (QED) is 0.906. The van der Waals surface area contributed by atoms with E-state index in [0.29, 0.717) is 11.6 Å². The highest BCUT2D eigenvalue weighted by Crippen LogP contribution is 2.47. The van der Waals surface area contributed by atoms with Gasteiger partial charge in [-0.25, -0.2) is 8.51 Å². The van der Waals surface area contributed by atoms with E-state index in [1.807, 2.05) is 31.7 Å². The summed E-state index contributed by atoms with van der Waals surface area (Å²) < 4.78 is 14.4. The normalized spacial score (nSPS) is 24.8. The first-order valence-corrected chi connectivity index (χ1v) is 9.69. The van der Waals surface area contributed by atoms with Crippen molar-refractivity contribution in [2.45, 2.75) is 58.2 Å². The fourth-order valence-electron chi connectivity index (χ4n) is 3.45. The van der Waals surface area contributed by atoms with Gasteiger partial charge >= 0.3 is 0 Å². The van der Waals surface area contributed by atoms with Crippen molar-refractivity contribution in [1.29, 1.82) is 0 Å². The zero-order chi connectivity index (χ0) is 17.9. The molecule has 0 bridgehead atoms. The maximum atomic E-state index is 12.5. The zero-order valence-electron chi connectivity index (χ0n) is 15.4. The van der Waals surface area contributed by atoms with Crippen LogP contribution in [-0.4, -0.2) is 59.9 Å². The third kappa shape index (κ3) is 2.71. The van der Waals surface area contributed by atoms with Crippen molar-refractivity contribution in [2.75, 3.05) is 19.6 Å². The lowest BCUT2D eigenvalue weighted by atomic mass is 9.68. The molecule has 1 aromatic rings. The van der Waals surface area contributed by atoms with Crippen LogP contribution in [0.25, 0.3) is 0 Å². The van der Waals surface area contributed by atoms with E-state index in [4.69, 9.17) is 0 Å². The van der Waals surface area contributed by atoms with E-state index in [-0.39, 0.29) is 22.1 Å². The smallest absolute Gasteiger partial charge is 0.274 e. The number of carbonyl (C=O) groups is 1. The van der Waals surface area contributed by atoms with E-state index in [0.717, 1.165) is 25.3 Å². The Balaban J connectivity index is 1.59. The predicted molar refractivity (Wildman–Crippen MR) is 95.1 cm³/mol. The summed E-state index contributed by atoms with van der Waals surface area (Å²) in [5.41, 5.74) is 1.58. The summed E-state index contributed by atoms with van der Waals surface area (Å²) in [7, 11) is -0.987. The molecule has 134 valence electrons. The van der Waals surface area contributed by atoms with Crippen LogP contribution in [0.15, 0.2) is 6.07 Å². The first-order valence-electron chi connectivity index (χ1n) is 8.58. The fourth-order valence-corrected chi connectivity index (χ4v) is 5.04. The summed E-state index contributed by atoms with van der Waals surface area (Å²) in [6.07, 6.45) is 0. The number of nitrogens with zero attached hydrogens (tertiary/aromatic N) is 3. The minimum Gasteiger partial charge on any atom is -0.336 e. The molecule has 0 radical (unpaired) electrons. The minimum atomic E-state index is -0.987. The van der Waals surface area contributed by atoms with Crippen LogP contribution in [0.5, 0.6) is 0 Å². The van der Waals surface area contributed by atoms with Gasteiger partial charge in [-0.15, -0.1) is 0 Å². The fraction of sp³-hybridized carbons (Fsp3) is 0.765. The van der Waals surface area contributed by atoms with Crippen molar-refractivity contribution in [3.05, 3.63) is 17.5 Å². The number of hydrogen-bond acceptors (Lipinski definition) is 3. The van der Waals surface area contributed by atoms with E-state index in [9.17, 15) is 9.00 Å². The molecule has 2 unspecified atom stereocenters. The first kappa shape index (κ1) is 17.6. The van der Waals surface area contributed by atoms with Crippen molar-refractivity contribution in [2.24, 2.45) is 5.41 Å². The number of hydrogen-bond donors (Lipinski definition) is 1. The van der Waals surface area contributed by atoms with Gasteiger partial charge in [-0.2, -0.15) is 5.10 Å². The molecular formula is C17H28N4O2S. The van der Waals surface area contributed by atoms with Gasteiger partial charge in [-0.3, -0.25) is 9.89 Å². The summed E-state index contributed by atoms with van der Waals surface area (Å²) in [6, 6.07) is 2.09. The Labute approximate surface area is 146 Å². The lowest BCUT2D eigenvalue weighted by molar-refractivity contribution is -0.104. The SMILES string of the molecule is CC(C)c1cc(C(=O)N2CC3(C2)CN(S(=O)C(C)(C)C)C3C)n[nH]1. The van der Waals surface area contributed by atoms with Crippen molar-refractivity contribution in [3.63, 3.8) is 0 Å². The summed E-state index contributed by atoms with van der Waals surface area (Å²) in [4.78, 5) is 14.4. The van der Waals surface area contributed by atoms with Crippen LogP contribution < -0.4 is 0 Å². The van der Waals surface area contributed by atoms with Gasteiger partial charge in [-0.1, -0.05) is 13.8 Å². The number of carbonyl (C=O) groups excluding carboxylic acids is 1. The van der Waals surface area contributed by atoms with Gasteiger partial charge in [-0.05, 0) is 39.7 Å². The second-order valence-electron chi connectivity index (χ2n) is 8.50. The standard InChI is InChI=1S/C17H28N4O2S/c1-11(2)13-7-14(19-18-13)15(22)20-8-17(9-20)10-21(12(17)3)24(23)16(4,5)6/h7,11-12H,8-10H2,1-6H3,(H,18,19). The van der Waals surface area contributed by atoms with Crippen LogP contribution in [0.1, 0.15) is 63.6 Å². The van der Waals surface area contributed by atoms with Gasteiger partial charge in [0.1, 0.15) is 5.69 Å². The highest BCUT2D eigenvalue weighted by Gasteiger charge is 2.60. The van der Waals surface area contributed by atoms with Crippen LogP contribution >= 0.6 is 0 Å². The molecule has 7 heteroatoms. The molecule has 0 saturated carbocycles. The molecule has 0 aliphatic carbocycles. The third-order valence-electron chi connectivity index (χ3n) is 5.26. The molecule has 2 saturated heterocycles. The number of likely N-dealkylation sites (tertiary alicyclic amines) is 1. The molecule has 2 aliphatic rings. The Morgan fingerprint density at radius 2 is 2.00 bits per heavy atom. The van der Waals surface area contributed by atoms with E-state index in [1.54, 1.807) is 0 Å². The molecule has 2 aliphatic heterocycles. The maximum absolute atomic E-state index is 12.5. The molecule has 1 amide bonds. The summed E-state index contributed by atoms with van der Waals surface area (Å²) in [6.45, 7) is 14.5. The number of aromatic amines is 1. The number of H-pyrrole nitrogens is 1. The van der Waals surface area contributed by atoms with Gasteiger partial charge in [0.05, 0.1) is 15.7 Å². The molecule has 1 N–H and O–H groups in total. The minimum absolute atomic E-state index is 0.00799. The van der Waals surface area contributed by atoms with Crippen LogP contribution in [0, 0.1) is 5.41 Å². The van der Waals surface area contributed by atoms with Crippen LogP contribution in [0.2, 0.25) is 0 Å². The monoisotopic (exact) mass is 352 g/mol. The summed E-state index contributed by atoms with van der Waals surface area (Å²) in [5, 5.41) is 7.09. The average molecular weight is 353 g/mol. The second kappa shape index (κ2) is 5.66. The van der Waals surface area contributed by atoms with Crippen LogP contribution in [0.4, 0.5) is 0 Å². The Morgan fingerprint density at radius 3 is 2.46 bits per heavy atom. The van der Waals surface area contributed by atoms with E-state index < -0.39 is 11.0 Å². The predicted octanol–water partition coefficient (Wildman–Crippen LogP) is 2.14. The largest absolute Gasteiger partial charge is 0.336 e. The number of aromatic nitrogens is 2. The molecule has 2 fully saturated rings. The maximum Gasteiger partial charge on any atom is 0.274 e. The Morgan fingerprint density at radius 1 is 1.38 bits per heavy atom. The molecule has 2 atom stereocenters. The molecule has 3 heterocycles. The average Bonchev–Trinajstić information content (AvgIpc) is 2.92. The second-order valence-corrected chi connectivity index (χ2v) is 10.7. The van der Waals surface area contributed by atoms with Crippen LogP contribution in [-0.2, 0) is 11.0 Å². The molecule has 3 rings (SSSR count). The van der Waals surface area contributed by atoms with Gasteiger partial charge in [0.15, 0.2) is 0 Å². The van der Waals surface area contributed by atoms with Gasteiger partial charge in [0.2, 0.25) is 0 Å². The van der Waals surface area contributed by atoms with Crippen molar-refractivity contribution < 1.29 is 9.00 Å². The van der Waals surface area contributed by atoms with Crippen LogP contribution in [0.3, 0.4) is 0 Å². The lowest BCUT2D eigenvalue weighted by Gasteiger charge is -2.64. The summed E-state index contributed by atoms with van der Waals surface area (Å²) >= 11 is 0.